The minimum Gasteiger partial charge on any atom is -0.481 e. The number of carbonyl (C=O) groups excluding carboxylic acids is 1. The predicted molar refractivity (Wildman–Crippen MR) is 103 cm³/mol. The summed E-state index contributed by atoms with van der Waals surface area (Å²) in [6.07, 6.45) is 2.43. The maximum Gasteiger partial charge on any atom is 0.320 e. The van der Waals surface area contributed by atoms with E-state index in [4.69, 9.17) is 9.26 Å². The van der Waals surface area contributed by atoms with E-state index in [2.05, 4.69) is 31.8 Å². The van der Waals surface area contributed by atoms with Crippen molar-refractivity contribution in [2.24, 2.45) is 0 Å². The number of aromatic nitrogens is 3. The first-order valence-electron chi connectivity index (χ1n) is 9.20. The van der Waals surface area contributed by atoms with Crippen molar-refractivity contribution in [2.75, 3.05) is 12.4 Å². The molecule has 0 saturated carbocycles. The van der Waals surface area contributed by atoms with E-state index in [0.29, 0.717) is 29.8 Å². The summed E-state index contributed by atoms with van der Waals surface area (Å²) in [5.74, 6) is 2.11. The van der Waals surface area contributed by atoms with Crippen molar-refractivity contribution in [3.05, 3.63) is 53.4 Å². The monoisotopic (exact) mass is 379 g/mol. The number of anilines is 1. The summed E-state index contributed by atoms with van der Waals surface area (Å²) in [5.41, 5.74) is 3.22. The topological polar surface area (TPSA) is 102 Å². The van der Waals surface area contributed by atoms with E-state index in [1.807, 2.05) is 19.1 Å². The van der Waals surface area contributed by atoms with Crippen LogP contribution in [0.2, 0.25) is 0 Å². The van der Waals surface area contributed by atoms with Crippen molar-refractivity contribution >= 4 is 11.8 Å². The molecule has 0 aliphatic heterocycles. The van der Waals surface area contributed by atoms with Crippen molar-refractivity contribution in [3.8, 4) is 17.3 Å². The number of benzene rings is 1. The first-order chi connectivity index (χ1) is 13.7. The second-order valence-corrected chi connectivity index (χ2v) is 6.53. The van der Waals surface area contributed by atoms with E-state index in [-0.39, 0.29) is 12.1 Å². The van der Waals surface area contributed by atoms with Gasteiger partial charge in [0.05, 0.1) is 13.2 Å². The summed E-state index contributed by atoms with van der Waals surface area (Å²) in [6.45, 7) is 1.97. The lowest BCUT2D eigenvalue weighted by atomic mass is 10.0. The molecule has 0 bridgehead atoms. The molecule has 8 heteroatoms. The molecular weight excluding hydrogens is 358 g/mol. The van der Waals surface area contributed by atoms with Gasteiger partial charge in [-0.1, -0.05) is 30.3 Å². The fourth-order valence-corrected chi connectivity index (χ4v) is 3.33. The second kappa shape index (κ2) is 7.67. The Hall–Kier alpha value is -3.42. The fourth-order valence-electron chi connectivity index (χ4n) is 3.33. The number of nitrogens with one attached hydrogen (secondary N) is 2. The minimum atomic E-state index is -0.298. The maximum atomic E-state index is 12.4. The van der Waals surface area contributed by atoms with Gasteiger partial charge in [-0.2, -0.15) is 9.97 Å². The molecule has 0 saturated heterocycles. The molecule has 1 aromatic carbocycles. The minimum absolute atomic E-state index is 0.0499. The normalized spacial score (nSPS) is 15.1. The Bertz CT molecular complexity index is 1000. The molecule has 1 atom stereocenters. The number of methoxy groups -OCH3 is 1. The summed E-state index contributed by atoms with van der Waals surface area (Å²) in [6, 6.07) is 10.9. The third-order valence-electron chi connectivity index (χ3n) is 4.73. The number of fused-ring (bicyclic) bond motifs is 1. The van der Waals surface area contributed by atoms with Gasteiger partial charge in [0.25, 0.3) is 0 Å². The van der Waals surface area contributed by atoms with Crippen LogP contribution in [0.5, 0.6) is 5.88 Å². The average molecular weight is 379 g/mol. The van der Waals surface area contributed by atoms with Gasteiger partial charge in [0.15, 0.2) is 0 Å². The van der Waals surface area contributed by atoms with E-state index in [1.54, 1.807) is 18.2 Å². The second-order valence-electron chi connectivity index (χ2n) is 6.53. The van der Waals surface area contributed by atoms with E-state index in [0.717, 1.165) is 24.0 Å². The zero-order chi connectivity index (χ0) is 19.5. The van der Waals surface area contributed by atoms with Crippen LogP contribution in [0.1, 0.15) is 36.4 Å². The van der Waals surface area contributed by atoms with Crippen molar-refractivity contribution in [2.45, 2.75) is 32.2 Å². The largest absolute Gasteiger partial charge is 0.481 e. The summed E-state index contributed by atoms with van der Waals surface area (Å²) in [5, 5.41) is 9.79. The van der Waals surface area contributed by atoms with Gasteiger partial charge in [-0.25, -0.2) is 4.79 Å². The Labute approximate surface area is 162 Å². The van der Waals surface area contributed by atoms with Gasteiger partial charge in [0, 0.05) is 18.1 Å². The summed E-state index contributed by atoms with van der Waals surface area (Å²) in [4.78, 5) is 20.9. The van der Waals surface area contributed by atoms with Crippen LogP contribution < -0.4 is 15.4 Å². The zero-order valence-electron chi connectivity index (χ0n) is 15.7. The van der Waals surface area contributed by atoms with Crippen LogP contribution in [-0.2, 0) is 12.8 Å². The van der Waals surface area contributed by atoms with E-state index >= 15 is 0 Å². The Kier molecular flexibility index (Phi) is 4.92. The smallest absolute Gasteiger partial charge is 0.320 e. The van der Waals surface area contributed by atoms with Crippen LogP contribution in [0.15, 0.2) is 40.9 Å². The molecule has 4 rings (SSSR count). The summed E-state index contributed by atoms with van der Waals surface area (Å²) < 4.78 is 10.3. The Morgan fingerprint density at radius 3 is 2.96 bits per heavy atom. The first-order valence-corrected chi connectivity index (χ1v) is 9.20. The highest BCUT2D eigenvalue weighted by atomic mass is 16.5. The SMILES string of the molecule is CCc1nc(-c2ccc3c(c2)CCC3NC(=O)Nc2cccc(OC)n2)no1. The van der Waals surface area contributed by atoms with Crippen molar-refractivity contribution in [1.29, 1.82) is 0 Å². The molecule has 1 aliphatic rings. The van der Waals surface area contributed by atoms with Crippen molar-refractivity contribution in [1.82, 2.24) is 20.4 Å². The number of hydrogen-bond acceptors (Lipinski definition) is 6. The van der Waals surface area contributed by atoms with Crippen LogP contribution in [0.25, 0.3) is 11.4 Å². The van der Waals surface area contributed by atoms with Crippen LogP contribution in [0, 0.1) is 0 Å². The zero-order valence-corrected chi connectivity index (χ0v) is 15.7. The highest BCUT2D eigenvalue weighted by Gasteiger charge is 2.25. The molecule has 28 heavy (non-hydrogen) atoms. The van der Waals surface area contributed by atoms with Gasteiger partial charge in [0.2, 0.25) is 17.6 Å². The van der Waals surface area contributed by atoms with Crippen LogP contribution in [0.3, 0.4) is 0 Å². The third kappa shape index (κ3) is 3.66. The van der Waals surface area contributed by atoms with E-state index < -0.39 is 0 Å². The molecule has 0 fully saturated rings. The molecule has 1 aliphatic carbocycles. The van der Waals surface area contributed by atoms with Crippen LogP contribution in [-0.4, -0.2) is 28.3 Å². The number of ether oxygens (including phenoxy) is 1. The number of amides is 2. The number of aryl methyl sites for hydroxylation is 2. The standard InChI is InChI=1S/C20H21N5O3/c1-3-17-24-19(25-28-17)13-7-9-14-12(11-13)8-10-15(14)21-20(26)23-16-5-4-6-18(22-16)27-2/h4-7,9,11,15H,3,8,10H2,1-2H3,(H2,21,22,23,26). The molecule has 3 aromatic rings. The van der Waals surface area contributed by atoms with Gasteiger partial charge in [0.1, 0.15) is 5.82 Å². The molecule has 8 nitrogen and oxygen atoms in total. The number of nitrogens with zero attached hydrogens (tertiary/aromatic N) is 3. The molecule has 2 aromatic heterocycles. The van der Waals surface area contributed by atoms with Gasteiger partial charge < -0.3 is 14.6 Å². The third-order valence-corrected chi connectivity index (χ3v) is 4.73. The highest BCUT2D eigenvalue weighted by molar-refractivity contribution is 5.88. The molecule has 0 spiro atoms. The van der Waals surface area contributed by atoms with Gasteiger partial charge >= 0.3 is 6.03 Å². The number of carbonyl (C=O) groups is 1. The quantitative estimate of drug-likeness (QED) is 0.703. The van der Waals surface area contributed by atoms with Gasteiger partial charge in [-0.3, -0.25) is 5.32 Å². The van der Waals surface area contributed by atoms with Crippen molar-refractivity contribution in [3.63, 3.8) is 0 Å². The maximum absolute atomic E-state index is 12.4. The number of rotatable bonds is 5. The van der Waals surface area contributed by atoms with E-state index in [9.17, 15) is 4.79 Å². The number of hydrogen-bond donors (Lipinski definition) is 2. The van der Waals surface area contributed by atoms with Gasteiger partial charge in [-0.05, 0) is 36.1 Å². The predicted octanol–water partition coefficient (Wildman–Crippen LogP) is 3.51. The number of pyridine rings is 1. The van der Waals surface area contributed by atoms with Gasteiger partial charge in [-0.15, -0.1) is 0 Å². The molecule has 2 amide bonds. The Morgan fingerprint density at radius 2 is 2.18 bits per heavy atom. The summed E-state index contributed by atoms with van der Waals surface area (Å²) in [7, 11) is 1.54. The molecule has 1 unspecified atom stereocenters. The lowest BCUT2D eigenvalue weighted by molar-refractivity contribution is 0.248. The molecule has 2 heterocycles. The molecule has 144 valence electrons. The lowest BCUT2D eigenvalue weighted by Crippen LogP contribution is -2.31. The Morgan fingerprint density at radius 1 is 1.29 bits per heavy atom. The number of urea groups is 1. The molecule has 0 radical (unpaired) electrons. The first kappa shape index (κ1) is 18.0. The Balaban J connectivity index is 1.44. The van der Waals surface area contributed by atoms with Crippen LogP contribution >= 0.6 is 0 Å². The molecular formula is C20H21N5O3. The lowest BCUT2D eigenvalue weighted by Gasteiger charge is -2.15. The fraction of sp³-hybridized carbons (Fsp3) is 0.300. The average Bonchev–Trinajstić information content (AvgIpc) is 3.35. The summed E-state index contributed by atoms with van der Waals surface area (Å²) >= 11 is 0. The molecule has 2 N–H and O–H groups in total. The van der Waals surface area contributed by atoms with Crippen molar-refractivity contribution < 1.29 is 14.1 Å². The van der Waals surface area contributed by atoms with E-state index in [1.165, 1.54) is 12.7 Å². The highest BCUT2D eigenvalue weighted by Crippen LogP contribution is 2.33. The van der Waals surface area contributed by atoms with Crippen LogP contribution in [0.4, 0.5) is 10.6 Å².